The highest BCUT2D eigenvalue weighted by atomic mass is 16.1. The molecule has 0 radical (unpaired) electrons. The first kappa shape index (κ1) is 13.9. The highest BCUT2D eigenvalue weighted by Gasteiger charge is 1.94. The number of rotatable bonds is 4. The normalized spacial score (nSPS) is 8.33. The number of ketones is 2. The van der Waals surface area contributed by atoms with E-state index in [1.807, 2.05) is 0 Å². The maximum absolute atomic E-state index is 10.0. The van der Waals surface area contributed by atoms with Crippen LogP contribution in [0.3, 0.4) is 0 Å². The summed E-state index contributed by atoms with van der Waals surface area (Å²) in [6, 6.07) is 0. The fraction of sp³-hybridized carbons (Fsp3) is 0.800. The average molecular weight is 172 g/mol. The summed E-state index contributed by atoms with van der Waals surface area (Å²) in [7, 11) is 0. The molecule has 2 heteroatoms. The lowest BCUT2D eigenvalue weighted by Crippen LogP contribution is -1.97. The first-order valence-electron chi connectivity index (χ1n) is 4.53. The number of carbonyl (C=O) groups excluding carboxylic acids is 2. The molecule has 0 aliphatic carbocycles. The van der Waals surface area contributed by atoms with Crippen LogP contribution in [0.4, 0.5) is 0 Å². The molecule has 12 heavy (non-hydrogen) atoms. The van der Waals surface area contributed by atoms with E-state index >= 15 is 0 Å². The molecule has 0 heterocycles. The minimum absolute atomic E-state index is 0.0625. The second-order valence-corrected chi connectivity index (χ2v) is 2.93. The molecule has 0 spiro atoms. The lowest BCUT2D eigenvalue weighted by Gasteiger charge is -1.81. The zero-order chi connectivity index (χ0) is 9.98. The Kier molecular flexibility index (Phi) is 12.0. The van der Waals surface area contributed by atoms with E-state index in [0.29, 0.717) is 0 Å². The third-order valence-electron chi connectivity index (χ3n) is 1.20. The third kappa shape index (κ3) is 22.8. The van der Waals surface area contributed by atoms with Gasteiger partial charge in [-0.3, -0.25) is 9.59 Å². The maximum atomic E-state index is 10.0. The molecule has 0 saturated carbocycles. The Morgan fingerprint density at radius 1 is 0.917 bits per heavy atom. The van der Waals surface area contributed by atoms with Crippen molar-refractivity contribution in [2.24, 2.45) is 0 Å². The van der Waals surface area contributed by atoms with Crippen LogP contribution in [0.25, 0.3) is 0 Å². The Hall–Kier alpha value is -0.660. The smallest absolute Gasteiger partial charge is 0.137 e. The van der Waals surface area contributed by atoms with E-state index in [2.05, 4.69) is 13.8 Å². The van der Waals surface area contributed by atoms with Gasteiger partial charge in [0.25, 0.3) is 0 Å². The van der Waals surface area contributed by atoms with Crippen molar-refractivity contribution in [3.63, 3.8) is 0 Å². The van der Waals surface area contributed by atoms with Crippen LogP contribution < -0.4 is 0 Å². The maximum Gasteiger partial charge on any atom is 0.137 e. The highest BCUT2D eigenvalue weighted by Crippen LogP contribution is 1.88. The first-order valence-corrected chi connectivity index (χ1v) is 4.53. The van der Waals surface area contributed by atoms with Crippen LogP contribution in [0, 0.1) is 0 Å². The fourth-order valence-corrected chi connectivity index (χ4v) is 0.704. The molecule has 0 fully saturated rings. The van der Waals surface area contributed by atoms with Gasteiger partial charge in [-0.2, -0.15) is 0 Å². The molecular weight excluding hydrogens is 152 g/mol. The molecule has 0 aromatic heterocycles. The van der Waals surface area contributed by atoms with Crippen molar-refractivity contribution >= 4 is 11.6 Å². The van der Waals surface area contributed by atoms with Crippen LogP contribution in [0.2, 0.25) is 0 Å². The van der Waals surface area contributed by atoms with Gasteiger partial charge in [-0.05, 0) is 13.8 Å². The minimum Gasteiger partial charge on any atom is -0.300 e. The van der Waals surface area contributed by atoms with Crippen LogP contribution in [0.1, 0.15) is 53.4 Å². The summed E-state index contributed by atoms with van der Waals surface area (Å²) in [5, 5.41) is 0. The van der Waals surface area contributed by atoms with Gasteiger partial charge in [-0.25, -0.2) is 0 Å². The van der Waals surface area contributed by atoms with E-state index in [0.717, 1.165) is 0 Å². The summed E-state index contributed by atoms with van der Waals surface area (Å²) in [6.45, 7) is 7.23. The summed E-state index contributed by atoms with van der Waals surface area (Å²) in [5.41, 5.74) is 0. The average Bonchev–Trinajstić information content (AvgIpc) is 1.87. The van der Waals surface area contributed by atoms with Crippen molar-refractivity contribution in [2.75, 3.05) is 0 Å². The van der Waals surface area contributed by atoms with E-state index in [4.69, 9.17) is 0 Å². The molecular formula is C10H20O2. The fourth-order valence-electron chi connectivity index (χ4n) is 0.704. The Balaban J connectivity index is 0. The zero-order valence-electron chi connectivity index (χ0n) is 8.64. The molecule has 0 N–H and O–H groups in total. The Morgan fingerprint density at radius 3 is 1.25 bits per heavy atom. The predicted octanol–water partition coefficient (Wildman–Crippen LogP) is 2.75. The monoisotopic (exact) mass is 172 g/mol. The van der Waals surface area contributed by atoms with Crippen molar-refractivity contribution in [1.82, 2.24) is 0 Å². The molecule has 2 nitrogen and oxygen atoms in total. The molecule has 0 amide bonds. The van der Waals surface area contributed by atoms with Gasteiger partial charge >= 0.3 is 0 Å². The van der Waals surface area contributed by atoms with Crippen molar-refractivity contribution < 1.29 is 9.59 Å². The van der Waals surface area contributed by atoms with E-state index in [9.17, 15) is 9.59 Å². The molecule has 0 atom stereocenters. The standard InChI is InChI=1S/C5H8O2.C5H12/c1-4(6)3-5(2)7;1-3-5-4-2/h3H2,1-2H3;3-5H2,1-2H3. The van der Waals surface area contributed by atoms with Gasteiger partial charge in [0.1, 0.15) is 11.6 Å². The van der Waals surface area contributed by atoms with Crippen LogP contribution in [-0.4, -0.2) is 11.6 Å². The number of Topliss-reactive ketones (excluding diaryl/α,β-unsaturated/α-hetero) is 2. The van der Waals surface area contributed by atoms with Gasteiger partial charge in [0.15, 0.2) is 0 Å². The number of unbranched alkanes of at least 4 members (excludes halogenated alkanes) is 2. The minimum atomic E-state index is -0.0625. The predicted molar refractivity (Wildman–Crippen MR) is 51.2 cm³/mol. The van der Waals surface area contributed by atoms with Gasteiger partial charge in [-0.1, -0.05) is 33.1 Å². The van der Waals surface area contributed by atoms with Gasteiger partial charge in [-0.15, -0.1) is 0 Å². The van der Waals surface area contributed by atoms with Gasteiger partial charge in [0.2, 0.25) is 0 Å². The Morgan fingerprint density at radius 2 is 1.25 bits per heavy atom. The summed E-state index contributed by atoms with van der Waals surface area (Å²) in [6.07, 6.45) is 4.16. The molecule has 0 aromatic rings. The SMILES string of the molecule is CC(=O)CC(C)=O.CCCCC. The second kappa shape index (κ2) is 10.3. The van der Waals surface area contributed by atoms with Crippen LogP contribution in [-0.2, 0) is 9.59 Å². The number of carbonyl (C=O) groups is 2. The molecule has 0 aliphatic heterocycles. The lowest BCUT2D eigenvalue weighted by atomic mass is 10.2. The lowest BCUT2D eigenvalue weighted by molar-refractivity contribution is -0.124. The molecule has 0 bridgehead atoms. The van der Waals surface area contributed by atoms with Crippen molar-refractivity contribution in [3.8, 4) is 0 Å². The van der Waals surface area contributed by atoms with Gasteiger partial charge in [0, 0.05) is 0 Å². The van der Waals surface area contributed by atoms with E-state index < -0.39 is 0 Å². The molecule has 0 aromatic carbocycles. The molecule has 0 saturated heterocycles. The molecule has 0 rings (SSSR count). The van der Waals surface area contributed by atoms with E-state index in [1.54, 1.807) is 0 Å². The summed E-state index contributed by atoms with van der Waals surface area (Å²) in [4.78, 5) is 20.1. The first-order chi connectivity index (χ1) is 5.54. The topological polar surface area (TPSA) is 34.1 Å². The van der Waals surface area contributed by atoms with E-state index in [1.165, 1.54) is 33.1 Å². The molecule has 0 unspecified atom stereocenters. The highest BCUT2D eigenvalue weighted by molar-refractivity contribution is 5.96. The van der Waals surface area contributed by atoms with Crippen LogP contribution in [0.15, 0.2) is 0 Å². The summed E-state index contributed by atoms with van der Waals surface area (Å²) in [5.74, 6) is -0.125. The molecule has 0 aliphatic rings. The van der Waals surface area contributed by atoms with Crippen molar-refractivity contribution in [3.05, 3.63) is 0 Å². The van der Waals surface area contributed by atoms with Crippen LogP contribution >= 0.6 is 0 Å². The zero-order valence-corrected chi connectivity index (χ0v) is 8.64. The quantitative estimate of drug-likeness (QED) is 0.611. The Bertz CT molecular complexity index is 114. The summed E-state index contributed by atoms with van der Waals surface area (Å²) < 4.78 is 0. The van der Waals surface area contributed by atoms with Crippen molar-refractivity contribution in [2.45, 2.75) is 53.4 Å². The van der Waals surface area contributed by atoms with Crippen LogP contribution in [0.5, 0.6) is 0 Å². The Labute approximate surface area is 75.4 Å². The number of hydrogen-bond donors (Lipinski definition) is 0. The van der Waals surface area contributed by atoms with E-state index in [-0.39, 0.29) is 18.0 Å². The number of hydrogen-bond acceptors (Lipinski definition) is 2. The largest absolute Gasteiger partial charge is 0.300 e. The third-order valence-corrected chi connectivity index (χ3v) is 1.20. The second-order valence-electron chi connectivity index (χ2n) is 2.93. The van der Waals surface area contributed by atoms with Crippen molar-refractivity contribution in [1.29, 1.82) is 0 Å². The molecule has 72 valence electrons. The van der Waals surface area contributed by atoms with Gasteiger partial charge < -0.3 is 0 Å². The van der Waals surface area contributed by atoms with Gasteiger partial charge in [0.05, 0.1) is 6.42 Å². The summed E-state index contributed by atoms with van der Waals surface area (Å²) >= 11 is 0.